The normalized spacial score (nSPS) is 9.64. The Morgan fingerprint density at radius 3 is 2.64 bits per heavy atom. The van der Waals surface area contributed by atoms with E-state index in [2.05, 4.69) is 0 Å². The van der Waals surface area contributed by atoms with Crippen molar-refractivity contribution in [2.75, 3.05) is 14.2 Å². The minimum absolute atomic E-state index is 0.214. The summed E-state index contributed by atoms with van der Waals surface area (Å²) in [5.74, 6) is 0.852. The molecule has 0 bridgehead atoms. The van der Waals surface area contributed by atoms with Crippen LogP contribution in [0.2, 0.25) is 5.02 Å². The molecule has 0 heterocycles. The van der Waals surface area contributed by atoms with Crippen molar-refractivity contribution >= 4 is 17.5 Å². The number of hydrogen-bond donors (Lipinski definition) is 1. The maximum absolute atomic E-state index is 7.35. The van der Waals surface area contributed by atoms with Gasteiger partial charge in [0.1, 0.15) is 5.75 Å². The third-order valence-corrected chi connectivity index (χ3v) is 2.12. The molecule has 0 spiro atoms. The molecule has 0 aliphatic carbocycles. The summed E-state index contributed by atoms with van der Waals surface area (Å²) in [6.07, 6.45) is 0.445. The maximum atomic E-state index is 7.35. The van der Waals surface area contributed by atoms with Gasteiger partial charge in [0.05, 0.1) is 19.2 Å². The van der Waals surface area contributed by atoms with Crippen molar-refractivity contribution < 1.29 is 9.47 Å². The highest BCUT2D eigenvalue weighted by atomic mass is 35.5. The van der Waals surface area contributed by atoms with Gasteiger partial charge in [-0.2, -0.15) is 0 Å². The van der Waals surface area contributed by atoms with Crippen LogP contribution < -0.4 is 4.74 Å². The average molecular weight is 214 g/mol. The van der Waals surface area contributed by atoms with Crippen LogP contribution in [0.5, 0.6) is 5.75 Å². The summed E-state index contributed by atoms with van der Waals surface area (Å²) < 4.78 is 9.77. The summed E-state index contributed by atoms with van der Waals surface area (Å²) in [5.41, 5.74) is 0.933. The van der Waals surface area contributed by atoms with Crippen molar-refractivity contribution in [1.29, 1.82) is 5.41 Å². The monoisotopic (exact) mass is 213 g/mol. The van der Waals surface area contributed by atoms with Crippen LogP contribution in [0.1, 0.15) is 5.56 Å². The molecule has 0 aromatic heterocycles. The standard InChI is InChI=1S/C10H12ClNO2/c1-13-9-4-3-7(5-8(9)11)6-10(12)14-2/h3-5,12H,6H2,1-2H3. The zero-order valence-electron chi connectivity index (χ0n) is 8.13. The van der Waals surface area contributed by atoms with Gasteiger partial charge >= 0.3 is 0 Å². The lowest BCUT2D eigenvalue weighted by Crippen LogP contribution is -2.03. The Bertz CT molecular complexity index is 339. The van der Waals surface area contributed by atoms with E-state index in [9.17, 15) is 0 Å². The maximum Gasteiger partial charge on any atom is 0.184 e. The molecule has 1 aromatic carbocycles. The number of methoxy groups -OCH3 is 2. The molecule has 0 saturated heterocycles. The summed E-state index contributed by atoms with van der Waals surface area (Å²) in [4.78, 5) is 0. The average Bonchev–Trinajstić information content (AvgIpc) is 2.18. The van der Waals surface area contributed by atoms with E-state index in [1.165, 1.54) is 7.11 Å². The van der Waals surface area contributed by atoms with Gasteiger partial charge in [-0.3, -0.25) is 5.41 Å². The lowest BCUT2D eigenvalue weighted by atomic mass is 10.1. The van der Waals surface area contributed by atoms with Crippen molar-refractivity contribution in [3.8, 4) is 5.75 Å². The topological polar surface area (TPSA) is 42.3 Å². The van der Waals surface area contributed by atoms with Crippen LogP contribution in [-0.2, 0) is 11.2 Å². The van der Waals surface area contributed by atoms with E-state index in [0.717, 1.165) is 5.56 Å². The van der Waals surface area contributed by atoms with E-state index in [-0.39, 0.29) is 5.90 Å². The van der Waals surface area contributed by atoms with Gasteiger partial charge in [-0.05, 0) is 17.7 Å². The van der Waals surface area contributed by atoms with Gasteiger partial charge in [0.15, 0.2) is 5.90 Å². The number of nitrogens with one attached hydrogen (secondary N) is 1. The molecule has 0 amide bonds. The third-order valence-electron chi connectivity index (χ3n) is 1.83. The van der Waals surface area contributed by atoms with Crippen molar-refractivity contribution in [2.45, 2.75) is 6.42 Å². The first-order chi connectivity index (χ1) is 6.67. The molecule has 0 aliphatic heterocycles. The van der Waals surface area contributed by atoms with Crippen molar-refractivity contribution in [3.63, 3.8) is 0 Å². The molecule has 1 N–H and O–H groups in total. The third kappa shape index (κ3) is 2.64. The molecule has 0 aliphatic rings. The summed E-state index contributed by atoms with van der Waals surface area (Å²) in [5, 5.41) is 7.90. The predicted molar refractivity (Wildman–Crippen MR) is 56.4 cm³/mol. The Labute approximate surface area is 88.1 Å². The van der Waals surface area contributed by atoms with Crippen LogP contribution in [-0.4, -0.2) is 20.1 Å². The van der Waals surface area contributed by atoms with Crippen molar-refractivity contribution in [3.05, 3.63) is 28.8 Å². The Balaban J connectivity index is 2.81. The lowest BCUT2D eigenvalue weighted by molar-refractivity contribution is 0.390. The van der Waals surface area contributed by atoms with Crippen LogP contribution in [0, 0.1) is 5.41 Å². The number of benzene rings is 1. The second kappa shape index (κ2) is 4.86. The van der Waals surface area contributed by atoms with Crippen LogP contribution in [0.15, 0.2) is 18.2 Å². The van der Waals surface area contributed by atoms with E-state index in [1.807, 2.05) is 6.07 Å². The summed E-state index contributed by atoms with van der Waals surface area (Å²) in [6, 6.07) is 5.41. The zero-order chi connectivity index (χ0) is 10.6. The number of halogens is 1. The molecule has 0 fully saturated rings. The molecule has 1 rings (SSSR count). The van der Waals surface area contributed by atoms with Crippen LogP contribution in [0.4, 0.5) is 0 Å². The quantitative estimate of drug-likeness (QED) is 0.619. The van der Waals surface area contributed by atoms with Crippen LogP contribution in [0.25, 0.3) is 0 Å². The smallest absolute Gasteiger partial charge is 0.184 e. The minimum Gasteiger partial charge on any atom is -0.495 e. The molecular weight excluding hydrogens is 202 g/mol. The first-order valence-corrected chi connectivity index (χ1v) is 4.49. The number of hydrogen-bond acceptors (Lipinski definition) is 3. The molecule has 76 valence electrons. The molecule has 4 heteroatoms. The first-order valence-electron chi connectivity index (χ1n) is 4.11. The molecule has 14 heavy (non-hydrogen) atoms. The Kier molecular flexibility index (Phi) is 3.77. The lowest BCUT2D eigenvalue weighted by Gasteiger charge is -2.06. The van der Waals surface area contributed by atoms with Gasteiger partial charge in [-0.1, -0.05) is 17.7 Å². The molecule has 0 unspecified atom stereocenters. The molecule has 0 radical (unpaired) electrons. The Morgan fingerprint density at radius 1 is 1.43 bits per heavy atom. The van der Waals surface area contributed by atoms with Crippen molar-refractivity contribution in [2.24, 2.45) is 0 Å². The van der Waals surface area contributed by atoms with E-state index in [0.29, 0.717) is 17.2 Å². The molecule has 0 atom stereocenters. The van der Waals surface area contributed by atoms with Gasteiger partial charge in [0.2, 0.25) is 0 Å². The van der Waals surface area contributed by atoms with E-state index < -0.39 is 0 Å². The second-order valence-corrected chi connectivity index (χ2v) is 3.18. The summed E-state index contributed by atoms with van der Waals surface area (Å²) in [6.45, 7) is 0. The fourth-order valence-corrected chi connectivity index (χ4v) is 1.36. The SMILES string of the molecule is COC(=N)Cc1ccc(OC)c(Cl)c1. The van der Waals surface area contributed by atoms with Crippen LogP contribution >= 0.6 is 11.6 Å². The largest absolute Gasteiger partial charge is 0.495 e. The summed E-state index contributed by atoms with van der Waals surface area (Å²) in [7, 11) is 3.05. The summed E-state index contributed by atoms with van der Waals surface area (Å²) >= 11 is 5.92. The second-order valence-electron chi connectivity index (χ2n) is 2.77. The molecule has 0 saturated carbocycles. The van der Waals surface area contributed by atoms with Crippen LogP contribution in [0.3, 0.4) is 0 Å². The fraction of sp³-hybridized carbons (Fsp3) is 0.300. The fourth-order valence-electron chi connectivity index (χ4n) is 1.08. The number of ether oxygens (including phenoxy) is 2. The van der Waals surface area contributed by atoms with E-state index >= 15 is 0 Å². The van der Waals surface area contributed by atoms with Gasteiger partial charge in [0, 0.05) is 6.42 Å². The van der Waals surface area contributed by atoms with Gasteiger partial charge < -0.3 is 9.47 Å². The van der Waals surface area contributed by atoms with E-state index in [4.69, 9.17) is 26.5 Å². The zero-order valence-corrected chi connectivity index (χ0v) is 8.89. The molecular formula is C10H12ClNO2. The molecule has 3 nitrogen and oxygen atoms in total. The highest BCUT2D eigenvalue weighted by molar-refractivity contribution is 6.32. The first kappa shape index (κ1) is 10.9. The number of rotatable bonds is 3. The Morgan fingerprint density at radius 2 is 2.14 bits per heavy atom. The molecule has 1 aromatic rings. The highest BCUT2D eigenvalue weighted by Gasteiger charge is 2.03. The highest BCUT2D eigenvalue weighted by Crippen LogP contribution is 2.25. The van der Waals surface area contributed by atoms with Gasteiger partial charge in [-0.25, -0.2) is 0 Å². The van der Waals surface area contributed by atoms with Crippen molar-refractivity contribution in [1.82, 2.24) is 0 Å². The van der Waals surface area contributed by atoms with Gasteiger partial charge in [-0.15, -0.1) is 0 Å². The Hall–Kier alpha value is -1.22. The van der Waals surface area contributed by atoms with E-state index in [1.54, 1.807) is 19.2 Å². The van der Waals surface area contributed by atoms with Gasteiger partial charge in [0.25, 0.3) is 0 Å². The predicted octanol–water partition coefficient (Wildman–Crippen LogP) is 2.51. The minimum atomic E-state index is 0.214.